The molecule has 0 aliphatic rings. The quantitative estimate of drug-likeness (QED) is 0.751. The fourth-order valence-corrected chi connectivity index (χ4v) is 2.58. The Morgan fingerprint density at radius 2 is 2.31 bits per heavy atom. The van der Waals surface area contributed by atoms with Gasteiger partial charge in [0.25, 0.3) is 0 Å². The molecule has 0 fully saturated rings. The third-order valence-electron chi connectivity index (χ3n) is 1.09. The minimum Gasteiger partial charge on any atom is -0.256 e. The van der Waals surface area contributed by atoms with Gasteiger partial charge in [-0.15, -0.1) is 11.6 Å². The van der Waals surface area contributed by atoms with E-state index in [9.17, 15) is 8.42 Å². The summed E-state index contributed by atoms with van der Waals surface area (Å²) in [5, 5.41) is 6.87. The van der Waals surface area contributed by atoms with E-state index in [1.807, 2.05) is 0 Å². The van der Waals surface area contributed by atoms with Crippen LogP contribution in [0.5, 0.6) is 0 Å². The lowest BCUT2D eigenvalue weighted by Crippen LogP contribution is -2.16. The maximum atomic E-state index is 11.2. The molecule has 1 N–H and O–H groups in total. The second-order valence-electron chi connectivity index (χ2n) is 2.13. The highest BCUT2D eigenvalue weighted by Gasteiger charge is 2.11. The van der Waals surface area contributed by atoms with Gasteiger partial charge in [-0.3, -0.25) is 4.72 Å². The number of hydrogen-bond donors (Lipinski definition) is 1. The molecular weight excluding hydrogens is 236 g/mol. The molecule has 0 saturated carbocycles. The third-order valence-corrected chi connectivity index (χ3v) is 3.33. The van der Waals surface area contributed by atoms with Crippen molar-refractivity contribution in [3.63, 3.8) is 0 Å². The van der Waals surface area contributed by atoms with Crippen LogP contribution in [0.15, 0.2) is 0 Å². The highest BCUT2D eigenvalue weighted by atomic mass is 35.5. The number of aromatic nitrogens is 3. The molecule has 74 valence electrons. The first kappa shape index (κ1) is 10.6. The lowest BCUT2D eigenvalue weighted by Gasteiger charge is -2.01. The van der Waals surface area contributed by atoms with Crippen molar-refractivity contribution < 1.29 is 8.42 Å². The average Bonchev–Trinajstić information content (AvgIpc) is 2.52. The summed E-state index contributed by atoms with van der Waals surface area (Å²) in [5.74, 6) is 0.297. The first-order valence-corrected chi connectivity index (χ1v) is 6.31. The Kier molecular flexibility index (Phi) is 3.82. The van der Waals surface area contributed by atoms with E-state index in [1.54, 1.807) is 0 Å². The van der Waals surface area contributed by atoms with Crippen LogP contribution < -0.4 is 4.72 Å². The summed E-state index contributed by atoms with van der Waals surface area (Å²) in [6, 6.07) is 0. The van der Waals surface area contributed by atoms with Crippen molar-refractivity contribution in [2.75, 3.05) is 16.4 Å². The van der Waals surface area contributed by atoms with E-state index in [4.69, 9.17) is 11.6 Å². The molecule has 0 amide bonds. The molecule has 0 unspecified atom stereocenters. The van der Waals surface area contributed by atoms with Crippen molar-refractivity contribution in [2.45, 2.75) is 6.42 Å². The highest BCUT2D eigenvalue weighted by Crippen LogP contribution is 2.08. The van der Waals surface area contributed by atoms with Crippen LogP contribution in [0.2, 0.25) is 0 Å². The molecule has 0 radical (unpaired) electrons. The number of hydrogen-bond acceptors (Lipinski definition) is 6. The Labute approximate surface area is 84.5 Å². The number of alkyl halides is 1. The molecule has 6 nitrogen and oxygen atoms in total. The van der Waals surface area contributed by atoms with E-state index in [0.717, 1.165) is 11.5 Å². The van der Waals surface area contributed by atoms with Crippen molar-refractivity contribution in [1.82, 2.24) is 14.8 Å². The predicted octanol–water partition coefficient (Wildman–Crippen LogP) is 0.304. The molecule has 0 aromatic carbocycles. The summed E-state index contributed by atoms with van der Waals surface area (Å²) in [6.07, 6.45) is 0.406. The fourth-order valence-electron chi connectivity index (χ4n) is 0.602. The lowest BCUT2D eigenvalue weighted by molar-refractivity contribution is 0.600. The number of nitrogens with one attached hydrogen (secondary N) is 1. The van der Waals surface area contributed by atoms with Crippen molar-refractivity contribution >= 4 is 38.3 Å². The van der Waals surface area contributed by atoms with Crippen LogP contribution in [0.25, 0.3) is 0 Å². The van der Waals surface area contributed by atoms with Gasteiger partial charge in [0.2, 0.25) is 15.2 Å². The highest BCUT2D eigenvalue weighted by molar-refractivity contribution is 7.92. The average molecular weight is 243 g/mol. The van der Waals surface area contributed by atoms with Gasteiger partial charge in [-0.2, -0.15) is 0 Å². The van der Waals surface area contributed by atoms with Gasteiger partial charge in [0.1, 0.15) is 0 Å². The second-order valence-corrected chi connectivity index (χ2v) is 5.08. The van der Waals surface area contributed by atoms with Gasteiger partial charge in [-0.1, -0.05) is 9.59 Å². The van der Waals surface area contributed by atoms with E-state index in [2.05, 4.69) is 19.5 Å². The maximum Gasteiger partial charge on any atom is 0.238 e. The second kappa shape index (κ2) is 4.68. The summed E-state index contributed by atoms with van der Waals surface area (Å²) in [5.41, 5.74) is 0. The Morgan fingerprint density at radius 1 is 1.54 bits per heavy atom. The molecule has 0 atom stereocenters. The van der Waals surface area contributed by atoms with E-state index in [1.165, 1.54) is 0 Å². The molecule has 0 bridgehead atoms. The number of sulfonamides is 1. The third kappa shape index (κ3) is 3.83. The molecule has 1 aromatic heterocycles. The molecule has 0 spiro atoms. The minimum atomic E-state index is -3.33. The number of anilines is 1. The molecule has 1 heterocycles. The summed E-state index contributed by atoms with van der Waals surface area (Å²) in [6.45, 7) is 0. The Hall–Kier alpha value is -0.470. The Balaban J connectivity index is 2.53. The van der Waals surface area contributed by atoms with E-state index >= 15 is 0 Å². The summed E-state index contributed by atoms with van der Waals surface area (Å²) >= 11 is 6.25. The Bertz CT molecular complexity index is 337. The molecule has 0 saturated heterocycles. The topological polar surface area (TPSA) is 84.8 Å². The molecule has 9 heteroatoms. The SMILES string of the molecule is O=S(=O)(CCCCl)Nc1nnns1. The zero-order valence-electron chi connectivity index (χ0n) is 6.47. The number of halogens is 1. The zero-order valence-corrected chi connectivity index (χ0v) is 8.86. The van der Waals surface area contributed by atoms with E-state index in [-0.39, 0.29) is 10.9 Å². The van der Waals surface area contributed by atoms with Gasteiger partial charge in [0, 0.05) is 17.4 Å². The van der Waals surface area contributed by atoms with E-state index < -0.39 is 10.0 Å². The molecule has 1 rings (SSSR count). The molecule has 0 aliphatic heterocycles. The fraction of sp³-hybridized carbons (Fsp3) is 0.750. The first-order valence-electron chi connectivity index (χ1n) is 3.35. The van der Waals surface area contributed by atoms with Crippen LogP contribution in [0.4, 0.5) is 5.13 Å². The molecule has 1 aromatic rings. The lowest BCUT2D eigenvalue weighted by atomic mass is 10.6. The van der Waals surface area contributed by atoms with Crippen LogP contribution in [0, 0.1) is 0 Å². The Morgan fingerprint density at radius 3 is 2.85 bits per heavy atom. The van der Waals surface area contributed by atoms with Crippen molar-refractivity contribution in [3.8, 4) is 0 Å². The normalized spacial score (nSPS) is 11.5. The molecule has 13 heavy (non-hydrogen) atoms. The maximum absolute atomic E-state index is 11.2. The number of nitrogens with zero attached hydrogens (tertiary/aromatic N) is 3. The molecular formula is C4H7ClN4O2S2. The number of rotatable bonds is 5. The van der Waals surface area contributed by atoms with Gasteiger partial charge in [-0.25, -0.2) is 8.42 Å². The van der Waals surface area contributed by atoms with Crippen LogP contribution in [-0.4, -0.2) is 34.9 Å². The van der Waals surface area contributed by atoms with Gasteiger partial charge in [0.05, 0.1) is 5.75 Å². The van der Waals surface area contributed by atoms with Crippen LogP contribution in [-0.2, 0) is 10.0 Å². The predicted molar refractivity (Wildman–Crippen MR) is 50.5 cm³/mol. The minimum absolute atomic E-state index is 0.0178. The van der Waals surface area contributed by atoms with Crippen LogP contribution in [0.3, 0.4) is 0 Å². The van der Waals surface area contributed by atoms with E-state index in [0.29, 0.717) is 12.3 Å². The zero-order chi connectivity index (χ0) is 9.73. The first-order chi connectivity index (χ1) is 6.14. The monoisotopic (exact) mass is 242 g/mol. The largest absolute Gasteiger partial charge is 0.256 e. The standard InChI is InChI=1S/C4H7ClN4O2S2/c5-2-1-3-13(10,11)7-4-6-8-9-12-4/h1-3H2,(H,6,7,9). The van der Waals surface area contributed by atoms with Gasteiger partial charge < -0.3 is 0 Å². The van der Waals surface area contributed by atoms with Crippen molar-refractivity contribution in [3.05, 3.63) is 0 Å². The summed E-state index contributed by atoms with van der Waals surface area (Å²) in [7, 11) is -3.33. The van der Waals surface area contributed by atoms with Crippen LogP contribution >= 0.6 is 23.1 Å². The van der Waals surface area contributed by atoms with Gasteiger partial charge >= 0.3 is 0 Å². The van der Waals surface area contributed by atoms with Gasteiger partial charge in [0.15, 0.2) is 0 Å². The van der Waals surface area contributed by atoms with Gasteiger partial charge in [-0.05, 0) is 11.6 Å². The van der Waals surface area contributed by atoms with Crippen molar-refractivity contribution in [2.24, 2.45) is 0 Å². The summed E-state index contributed by atoms with van der Waals surface area (Å²) < 4.78 is 28.0. The smallest absolute Gasteiger partial charge is 0.238 e. The summed E-state index contributed by atoms with van der Waals surface area (Å²) in [4.78, 5) is 0. The van der Waals surface area contributed by atoms with Crippen LogP contribution in [0.1, 0.15) is 6.42 Å². The van der Waals surface area contributed by atoms with Crippen molar-refractivity contribution in [1.29, 1.82) is 0 Å². The molecule has 0 aliphatic carbocycles.